The molecule has 0 aromatic heterocycles. The topological polar surface area (TPSA) is 46.5 Å². The van der Waals surface area contributed by atoms with Crippen molar-refractivity contribution in [1.82, 2.24) is 0 Å². The minimum Gasteiger partial charge on any atom is -0.497 e. The van der Waals surface area contributed by atoms with Gasteiger partial charge in [-0.3, -0.25) is 4.79 Å². The Morgan fingerprint density at radius 1 is 1.22 bits per heavy atom. The number of fused-ring (bicyclic) bond motifs is 2. The third-order valence-electron chi connectivity index (χ3n) is 4.70. The van der Waals surface area contributed by atoms with Gasteiger partial charge in [-0.1, -0.05) is 12.1 Å². The van der Waals surface area contributed by atoms with E-state index in [2.05, 4.69) is 0 Å². The molecule has 3 nitrogen and oxygen atoms in total. The number of carboxylic acids is 1. The van der Waals surface area contributed by atoms with Crippen LogP contribution in [0, 0.1) is 17.8 Å². The summed E-state index contributed by atoms with van der Waals surface area (Å²) < 4.78 is 5.15. The van der Waals surface area contributed by atoms with Crippen molar-refractivity contribution >= 4 is 5.97 Å². The quantitative estimate of drug-likeness (QED) is 0.892. The Balaban J connectivity index is 1.91. The highest BCUT2D eigenvalue weighted by Gasteiger charge is 2.51. The van der Waals surface area contributed by atoms with E-state index in [-0.39, 0.29) is 11.8 Å². The Morgan fingerprint density at radius 2 is 1.89 bits per heavy atom. The van der Waals surface area contributed by atoms with Crippen LogP contribution in [0.1, 0.15) is 30.7 Å². The highest BCUT2D eigenvalue weighted by molar-refractivity contribution is 5.73. The smallest absolute Gasteiger partial charge is 0.307 e. The van der Waals surface area contributed by atoms with E-state index in [1.807, 2.05) is 24.3 Å². The van der Waals surface area contributed by atoms with E-state index in [0.717, 1.165) is 24.2 Å². The summed E-state index contributed by atoms with van der Waals surface area (Å²) in [6.45, 7) is 0. The van der Waals surface area contributed by atoms with Crippen LogP contribution in [0.25, 0.3) is 0 Å². The second kappa shape index (κ2) is 4.30. The predicted octanol–water partition coefficient (Wildman–Crippen LogP) is 2.91. The summed E-state index contributed by atoms with van der Waals surface area (Å²) in [7, 11) is 1.65. The highest BCUT2D eigenvalue weighted by atomic mass is 16.5. The molecular weight excluding hydrogens is 228 g/mol. The molecule has 3 heteroatoms. The number of methoxy groups -OCH3 is 1. The molecule has 0 amide bonds. The van der Waals surface area contributed by atoms with Gasteiger partial charge in [0.1, 0.15) is 5.75 Å². The molecule has 2 bridgehead atoms. The molecule has 2 fully saturated rings. The summed E-state index contributed by atoms with van der Waals surface area (Å²) in [5, 5.41) is 9.44. The predicted molar refractivity (Wildman–Crippen MR) is 67.7 cm³/mol. The number of rotatable bonds is 3. The summed E-state index contributed by atoms with van der Waals surface area (Å²) >= 11 is 0. The van der Waals surface area contributed by atoms with Gasteiger partial charge in [-0.2, -0.15) is 0 Å². The first-order valence-electron chi connectivity index (χ1n) is 6.57. The summed E-state index contributed by atoms with van der Waals surface area (Å²) in [5.74, 6) is 1.17. The number of hydrogen-bond acceptors (Lipinski definition) is 2. The average molecular weight is 246 g/mol. The van der Waals surface area contributed by atoms with Crippen LogP contribution in [0.2, 0.25) is 0 Å². The van der Waals surface area contributed by atoms with Gasteiger partial charge in [-0.05, 0) is 48.8 Å². The summed E-state index contributed by atoms with van der Waals surface area (Å²) in [5.41, 5.74) is 1.16. The molecule has 3 rings (SSSR count). The van der Waals surface area contributed by atoms with Gasteiger partial charge in [0.2, 0.25) is 0 Å². The van der Waals surface area contributed by atoms with Gasteiger partial charge in [0.05, 0.1) is 13.0 Å². The second-order valence-electron chi connectivity index (χ2n) is 5.50. The molecule has 0 aliphatic heterocycles. The molecule has 0 heterocycles. The lowest BCUT2D eigenvalue weighted by atomic mass is 9.75. The van der Waals surface area contributed by atoms with Crippen LogP contribution >= 0.6 is 0 Å². The van der Waals surface area contributed by atoms with E-state index in [4.69, 9.17) is 4.74 Å². The van der Waals surface area contributed by atoms with Gasteiger partial charge in [0.25, 0.3) is 0 Å². The third-order valence-corrected chi connectivity index (χ3v) is 4.70. The normalized spacial score (nSPS) is 33.6. The zero-order chi connectivity index (χ0) is 12.7. The van der Waals surface area contributed by atoms with Gasteiger partial charge in [-0.15, -0.1) is 0 Å². The Morgan fingerprint density at radius 3 is 2.50 bits per heavy atom. The molecule has 2 aliphatic carbocycles. The molecule has 2 saturated carbocycles. The van der Waals surface area contributed by atoms with Crippen molar-refractivity contribution in [1.29, 1.82) is 0 Å². The molecule has 2 aliphatic rings. The number of aliphatic carboxylic acids is 1. The molecule has 96 valence electrons. The molecule has 0 unspecified atom stereocenters. The first-order valence-corrected chi connectivity index (χ1v) is 6.57. The van der Waals surface area contributed by atoms with E-state index in [9.17, 15) is 9.90 Å². The van der Waals surface area contributed by atoms with Gasteiger partial charge >= 0.3 is 5.97 Å². The fourth-order valence-electron chi connectivity index (χ4n) is 3.95. The third kappa shape index (κ3) is 1.69. The van der Waals surface area contributed by atoms with E-state index in [0.29, 0.717) is 11.8 Å². The number of benzene rings is 1. The van der Waals surface area contributed by atoms with Crippen LogP contribution in [0.5, 0.6) is 5.75 Å². The Hall–Kier alpha value is -1.51. The van der Waals surface area contributed by atoms with Crippen LogP contribution in [-0.2, 0) is 4.79 Å². The van der Waals surface area contributed by atoms with Gasteiger partial charge in [0.15, 0.2) is 0 Å². The molecule has 0 spiro atoms. The highest BCUT2D eigenvalue weighted by Crippen LogP contribution is 2.56. The van der Waals surface area contributed by atoms with Crippen molar-refractivity contribution in [3.63, 3.8) is 0 Å². The van der Waals surface area contributed by atoms with Gasteiger partial charge in [0, 0.05) is 5.92 Å². The fraction of sp³-hybridized carbons (Fsp3) is 0.533. The van der Waals surface area contributed by atoms with E-state index < -0.39 is 5.97 Å². The standard InChI is InChI=1S/C15H18O3/c1-18-12-6-4-9(5-7-12)13-10-2-3-11(8-10)14(13)15(16)17/h4-7,10-11,13-14H,2-3,8H2,1H3,(H,16,17)/t10-,11+,13-,14-/m0/s1. The SMILES string of the molecule is COc1ccc([C@H]2[C@H]3CC[C@H](C3)[C@@H]2C(=O)O)cc1. The Bertz CT molecular complexity index is 451. The maximum Gasteiger partial charge on any atom is 0.307 e. The summed E-state index contributed by atoms with van der Waals surface area (Å²) in [4.78, 5) is 11.5. The molecule has 1 aromatic carbocycles. The minimum absolute atomic E-state index is 0.183. The van der Waals surface area contributed by atoms with Crippen LogP contribution in [0.4, 0.5) is 0 Å². The molecule has 4 atom stereocenters. The second-order valence-corrected chi connectivity index (χ2v) is 5.50. The van der Waals surface area contributed by atoms with Crippen molar-refractivity contribution in [3.8, 4) is 5.75 Å². The molecule has 1 aromatic rings. The van der Waals surface area contributed by atoms with Crippen molar-refractivity contribution in [3.05, 3.63) is 29.8 Å². The molecule has 0 radical (unpaired) electrons. The van der Waals surface area contributed by atoms with Crippen LogP contribution in [0.15, 0.2) is 24.3 Å². The first-order chi connectivity index (χ1) is 8.70. The molecular formula is C15H18O3. The van der Waals surface area contributed by atoms with Crippen LogP contribution < -0.4 is 4.74 Å². The number of carboxylic acid groups (broad SMARTS) is 1. The Labute approximate surface area is 107 Å². The zero-order valence-corrected chi connectivity index (χ0v) is 10.5. The maximum atomic E-state index is 11.5. The maximum absolute atomic E-state index is 11.5. The molecule has 1 N–H and O–H groups in total. The van der Waals surface area contributed by atoms with Gasteiger partial charge in [-0.25, -0.2) is 0 Å². The van der Waals surface area contributed by atoms with Crippen molar-refractivity contribution in [2.75, 3.05) is 7.11 Å². The summed E-state index contributed by atoms with van der Waals surface area (Å²) in [6, 6.07) is 7.92. The van der Waals surface area contributed by atoms with Gasteiger partial charge < -0.3 is 9.84 Å². The minimum atomic E-state index is -0.622. The van der Waals surface area contributed by atoms with E-state index in [1.54, 1.807) is 7.11 Å². The lowest BCUT2D eigenvalue weighted by Gasteiger charge is -2.28. The number of hydrogen-bond donors (Lipinski definition) is 1. The number of carbonyl (C=O) groups is 1. The average Bonchev–Trinajstić information content (AvgIpc) is 2.99. The molecule has 18 heavy (non-hydrogen) atoms. The van der Waals surface area contributed by atoms with E-state index in [1.165, 1.54) is 6.42 Å². The Kier molecular flexibility index (Phi) is 2.77. The fourth-order valence-corrected chi connectivity index (χ4v) is 3.95. The van der Waals surface area contributed by atoms with Crippen molar-refractivity contribution in [2.24, 2.45) is 17.8 Å². The van der Waals surface area contributed by atoms with Crippen LogP contribution in [0.3, 0.4) is 0 Å². The van der Waals surface area contributed by atoms with E-state index >= 15 is 0 Å². The zero-order valence-electron chi connectivity index (χ0n) is 10.5. The largest absolute Gasteiger partial charge is 0.497 e. The summed E-state index contributed by atoms with van der Waals surface area (Å²) in [6.07, 6.45) is 3.37. The molecule has 0 saturated heterocycles. The van der Waals surface area contributed by atoms with Crippen LogP contribution in [-0.4, -0.2) is 18.2 Å². The first kappa shape index (κ1) is 11.6. The lowest BCUT2D eigenvalue weighted by Crippen LogP contribution is -2.27. The lowest BCUT2D eigenvalue weighted by molar-refractivity contribution is -0.144. The monoisotopic (exact) mass is 246 g/mol. The number of ether oxygens (including phenoxy) is 1. The van der Waals surface area contributed by atoms with Crippen molar-refractivity contribution in [2.45, 2.75) is 25.2 Å². The van der Waals surface area contributed by atoms with Crippen molar-refractivity contribution < 1.29 is 14.6 Å².